The minimum atomic E-state index is 0.674. The fourth-order valence-corrected chi connectivity index (χ4v) is 3.83. The Kier molecular flexibility index (Phi) is 3.69. The number of fused-ring (bicyclic) bond motifs is 1. The normalized spacial score (nSPS) is 24.8. The molecule has 2 aliphatic heterocycles. The van der Waals surface area contributed by atoms with E-state index in [0.717, 1.165) is 25.0 Å². The van der Waals surface area contributed by atoms with Crippen LogP contribution >= 0.6 is 11.8 Å². The number of thioether (sulfide) groups is 1. The van der Waals surface area contributed by atoms with Crippen LogP contribution in [0, 0.1) is 0 Å². The van der Waals surface area contributed by atoms with E-state index in [1.807, 2.05) is 11.8 Å². The second-order valence-corrected chi connectivity index (χ2v) is 6.19. The van der Waals surface area contributed by atoms with Crippen LogP contribution in [0.5, 0.6) is 0 Å². The summed E-state index contributed by atoms with van der Waals surface area (Å²) >= 11 is 2.03. The lowest BCUT2D eigenvalue weighted by molar-refractivity contribution is 0.0781. The zero-order valence-electron chi connectivity index (χ0n) is 10.0. The molecule has 92 valence electrons. The Morgan fingerprint density at radius 1 is 1.24 bits per heavy atom. The number of benzene rings is 1. The number of hydrogen-bond donors (Lipinski definition) is 1. The Labute approximate surface area is 107 Å². The Morgan fingerprint density at radius 2 is 2.06 bits per heavy atom. The molecule has 0 aliphatic carbocycles. The maximum absolute atomic E-state index is 5.38. The van der Waals surface area contributed by atoms with Crippen LogP contribution in [0.15, 0.2) is 29.2 Å². The van der Waals surface area contributed by atoms with Crippen LogP contribution in [-0.2, 0) is 11.2 Å². The van der Waals surface area contributed by atoms with E-state index in [1.165, 1.54) is 29.7 Å². The summed E-state index contributed by atoms with van der Waals surface area (Å²) in [7, 11) is 0. The summed E-state index contributed by atoms with van der Waals surface area (Å²) in [6, 6.07) is 9.46. The van der Waals surface area contributed by atoms with Gasteiger partial charge in [0, 0.05) is 35.9 Å². The lowest BCUT2D eigenvalue weighted by Crippen LogP contribution is -2.38. The summed E-state index contributed by atoms with van der Waals surface area (Å²) in [5.74, 6) is 0. The van der Waals surface area contributed by atoms with Crippen LogP contribution < -0.4 is 5.32 Å². The van der Waals surface area contributed by atoms with Crippen molar-refractivity contribution in [2.24, 2.45) is 0 Å². The van der Waals surface area contributed by atoms with Gasteiger partial charge in [-0.05, 0) is 30.9 Å². The van der Waals surface area contributed by atoms with E-state index in [9.17, 15) is 0 Å². The fraction of sp³-hybridized carbons (Fsp3) is 0.571. The molecule has 1 atom stereocenters. The molecule has 0 bridgehead atoms. The van der Waals surface area contributed by atoms with Crippen molar-refractivity contribution in [3.8, 4) is 0 Å². The van der Waals surface area contributed by atoms with Gasteiger partial charge >= 0.3 is 0 Å². The summed E-state index contributed by atoms with van der Waals surface area (Å²) in [5.41, 5.74) is 1.52. The maximum Gasteiger partial charge on any atom is 0.0480 e. The summed E-state index contributed by atoms with van der Waals surface area (Å²) in [6.45, 7) is 2.98. The number of hydrogen-bond acceptors (Lipinski definition) is 3. The molecular weight excluding hydrogens is 230 g/mol. The fourth-order valence-electron chi connectivity index (χ4n) is 2.57. The van der Waals surface area contributed by atoms with Crippen LogP contribution in [0.2, 0.25) is 0 Å². The number of nitrogens with one attached hydrogen (secondary N) is 1. The molecule has 1 unspecified atom stereocenters. The van der Waals surface area contributed by atoms with E-state index in [4.69, 9.17) is 4.74 Å². The lowest BCUT2D eigenvalue weighted by Gasteiger charge is -2.24. The average molecular weight is 249 g/mol. The smallest absolute Gasteiger partial charge is 0.0480 e. The Hall–Kier alpha value is -0.510. The quantitative estimate of drug-likeness (QED) is 0.889. The van der Waals surface area contributed by atoms with Crippen LogP contribution in [0.25, 0.3) is 0 Å². The average Bonchev–Trinajstić information content (AvgIpc) is 2.80. The van der Waals surface area contributed by atoms with Crippen molar-refractivity contribution in [3.63, 3.8) is 0 Å². The van der Waals surface area contributed by atoms with Gasteiger partial charge in [-0.15, -0.1) is 11.8 Å². The van der Waals surface area contributed by atoms with Gasteiger partial charge in [-0.2, -0.15) is 0 Å². The van der Waals surface area contributed by atoms with Gasteiger partial charge in [-0.3, -0.25) is 0 Å². The van der Waals surface area contributed by atoms with Gasteiger partial charge in [0.25, 0.3) is 0 Å². The van der Waals surface area contributed by atoms with E-state index < -0.39 is 0 Å². The summed E-state index contributed by atoms with van der Waals surface area (Å²) in [4.78, 5) is 1.48. The highest BCUT2D eigenvalue weighted by atomic mass is 32.2. The molecule has 0 amide bonds. The van der Waals surface area contributed by atoms with Crippen molar-refractivity contribution in [3.05, 3.63) is 29.8 Å². The highest BCUT2D eigenvalue weighted by Crippen LogP contribution is 2.36. The summed E-state index contributed by atoms with van der Waals surface area (Å²) in [6.07, 6.45) is 3.56. The van der Waals surface area contributed by atoms with Gasteiger partial charge in [0.2, 0.25) is 0 Å². The predicted molar refractivity (Wildman–Crippen MR) is 71.6 cm³/mol. The van der Waals surface area contributed by atoms with E-state index in [-0.39, 0.29) is 0 Å². The van der Waals surface area contributed by atoms with E-state index in [2.05, 4.69) is 29.6 Å². The van der Waals surface area contributed by atoms with E-state index in [0.29, 0.717) is 6.04 Å². The molecule has 1 fully saturated rings. The Bertz CT molecular complexity index is 351. The molecule has 0 saturated carbocycles. The minimum absolute atomic E-state index is 0.674. The molecule has 0 aromatic heterocycles. The van der Waals surface area contributed by atoms with Crippen LogP contribution in [0.3, 0.4) is 0 Å². The van der Waals surface area contributed by atoms with Gasteiger partial charge in [0.05, 0.1) is 0 Å². The Morgan fingerprint density at radius 3 is 2.88 bits per heavy atom. The Balaban J connectivity index is 1.48. The lowest BCUT2D eigenvalue weighted by atomic mass is 10.1. The SMILES string of the molecule is c1ccc2c(c1)CC(CNC1CCOCC1)S2. The van der Waals surface area contributed by atoms with Gasteiger partial charge in [-0.1, -0.05) is 18.2 Å². The van der Waals surface area contributed by atoms with Crippen LogP contribution in [-0.4, -0.2) is 31.1 Å². The topological polar surface area (TPSA) is 21.3 Å². The first-order valence-corrected chi connectivity index (χ1v) is 7.35. The third-order valence-corrected chi connectivity index (χ3v) is 4.89. The monoisotopic (exact) mass is 249 g/mol. The zero-order chi connectivity index (χ0) is 11.5. The second-order valence-electron chi connectivity index (χ2n) is 4.85. The van der Waals surface area contributed by atoms with E-state index >= 15 is 0 Å². The third-order valence-electron chi connectivity index (χ3n) is 3.57. The van der Waals surface area contributed by atoms with Gasteiger partial charge in [-0.25, -0.2) is 0 Å². The minimum Gasteiger partial charge on any atom is -0.381 e. The standard InChI is InChI=1S/C14H19NOS/c1-2-4-14-11(3-1)9-13(17-14)10-15-12-5-7-16-8-6-12/h1-4,12-13,15H,5-10H2. The first kappa shape index (κ1) is 11.6. The molecule has 2 heterocycles. The summed E-state index contributed by atoms with van der Waals surface area (Å²) < 4.78 is 5.38. The molecule has 0 radical (unpaired) electrons. The highest BCUT2D eigenvalue weighted by molar-refractivity contribution is 8.00. The molecule has 1 aromatic carbocycles. The molecule has 17 heavy (non-hydrogen) atoms. The van der Waals surface area contributed by atoms with Crippen LogP contribution in [0.1, 0.15) is 18.4 Å². The first-order valence-electron chi connectivity index (χ1n) is 6.47. The van der Waals surface area contributed by atoms with Crippen molar-refractivity contribution >= 4 is 11.8 Å². The molecule has 1 aromatic rings. The van der Waals surface area contributed by atoms with Crippen molar-refractivity contribution in [2.75, 3.05) is 19.8 Å². The van der Waals surface area contributed by atoms with Crippen LogP contribution in [0.4, 0.5) is 0 Å². The maximum atomic E-state index is 5.38. The molecule has 1 N–H and O–H groups in total. The number of ether oxygens (including phenoxy) is 1. The molecule has 3 heteroatoms. The van der Waals surface area contributed by atoms with E-state index in [1.54, 1.807) is 0 Å². The largest absolute Gasteiger partial charge is 0.381 e. The van der Waals surface area contributed by atoms with Gasteiger partial charge in [0.1, 0.15) is 0 Å². The highest BCUT2D eigenvalue weighted by Gasteiger charge is 2.22. The predicted octanol–water partition coefficient (Wildman–Crippen LogP) is 2.47. The van der Waals surface area contributed by atoms with Crippen molar-refractivity contribution in [2.45, 2.75) is 35.4 Å². The van der Waals surface area contributed by atoms with Gasteiger partial charge in [0.15, 0.2) is 0 Å². The van der Waals surface area contributed by atoms with Gasteiger partial charge < -0.3 is 10.1 Å². The zero-order valence-corrected chi connectivity index (χ0v) is 10.8. The van der Waals surface area contributed by atoms with Crippen molar-refractivity contribution < 1.29 is 4.74 Å². The second kappa shape index (κ2) is 5.42. The van der Waals surface area contributed by atoms with Crippen molar-refractivity contribution in [1.29, 1.82) is 0 Å². The molecule has 2 nitrogen and oxygen atoms in total. The van der Waals surface area contributed by atoms with Crippen molar-refractivity contribution in [1.82, 2.24) is 5.32 Å². The molecule has 2 aliphatic rings. The molecule has 3 rings (SSSR count). The third kappa shape index (κ3) is 2.84. The summed E-state index contributed by atoms with van der Waals surface area (Å²) in [5, 5.41) is 4.42. The molecule has 1 saturated heterocycles. The molecular formula is C14H19NOS. The molecule has 0 spiro atoms. The first-order chi connectivity index (χ1) is 8.42. The number of rotatable bonds is 3.